The van der Waals surface area contributed by atoms with E-state index in [9.17, 15) is 19.2 Å². The van der Waals surface area contributed by atoms with Crippen molar-refractivity contribution in [3.05, 3.63) is 0 Å². The number of carbonyl (C=O) groups is 4. The molecule has 2 fully saturated rings. The second kappa shape index (κ2) is 5.83. The Morgan fingerprint density at radius 3 is 2.05 bits per heavy atom. The summed E-state index contributed by atoms with van der Waals surface area (Å²) in [6.07, 6.45) is 2.13. The molecule has 7 nitrogen and oxygen atoms in total. The molecular weight excluding hydrogens is 276 g/mol. The molecule has 2 aliphatic rings. The average molecular weight is 296 g/mol. The number of nitrogens with two attached hydrogens (primary N) is 1. The summed E-state index contributed by atoms with van der Waals surface area (Å²) in [5.74, 6) is -2.79. The molecule has 2 rings (SSSR count). The summed E-state index contributed by atoms with van der Waals surface area (Å²) in [5, 5.41) is 0. The van der Waals surface area contributed by atoms with Gasteiger partial charge >= 0.3 is 5.97 Å². The quantitative estimate of drug-likeness (QED) is 0.579. The van der Waals surface area contributed by atoms with Crippen LogP contribution in [-0.2, 0) is 23.9 Å². The van der Waals surface area contributed by atoms with E-state index in [1.807, 2.05) is 0 Å². The van der Waals surface area contributed by atoms with Crippen LogP contribution in [0.3, 0.4) is 0 Å². The summed E-state index contributed by atoms with van der Waals surface area (Å²) in [6.45, 7) is 2.78. The number of rotatable bonds is 4. The van der Waals surface area contributed by atoms with Crippen molar-refractivity contribution < 1.29 is 23.9 Å². The molecule has 1 saturated carbocycles. The van der Waals surface area contributed by atoms with Gasteiger partial charge in [0.2, 0.25) is 11.8 Å². The molecule has 0 spiro atoms. The summed E-state index contributed by atoms with van der Waals surface area (Å²) < 4.78 is 4.88. The van der Waals surface area contributed by atoms with Crippen molar-refractivity contribution in [1.82, 2.24) is 4.90 Å². The zero-order valence-electron chi connectivity index (χ0n) is 12.2. The van der Waals surface area contributed by atoms with Crippen LogP contribution in [0.15, 0.2) is 0 Å². The Kier molecular flexibility index (Phi) is 4.29. The van der Waals surface area contributed by atoms with Crippen LogP contribution in [0, 0.1) is 11.8 Å². The van der Waals surface area contributed by atoms with Gasteiger partial charge in [-0.15, -0.1) is 0 Å². The highest BCUT2D eigenvalue weighted by atomic mass is 16.5. The van der Waals surface area contributed by atoms with Crippen molar-refractivity contribution in [2.75, 3.05) is 0 Å². The van der Waals surface area contributed by atoms with E-state index in [2.05, 4.69) is 0 Å². The van der Waals surface area contributed by atoms with Crippen molar-refractivity contribution in [3.8, 4) is 0 Å². The molecule has 1 heterocycles. The number of imide groups is 1. The van der Waals surface area contributed by atoms with Crippen LogP contribution < -0.4 is 5.73 Å². The highest BCUT2D eigenvalue weighted by Crippen LogP contribution is 2.38. The van der Waals surface area contributed by atoms with Gasteiger partial charge in [0.05, 0.1) is 11.8 Å². The van der Waals surface area contributed by atoms with Gasteiger partial charge in [-0.2, -0.15) is 0 Å². The van der Waals surface area contributed by atoms with Crippen LogP contribution >= 0.6 is 0 Å². The maximum absolute atomic E-state index is 12.3. The first-order valence-corrected chi connectivity index (χ1v) is 7.21. The normalized spacial score (nSPS) is 28.0. The molecule has 21 heavy (non-hydrogen) atoms. The first kappa shape index (κ1) is 15.5. The molecule has 2 N–H and O–H groups in total. The van der Waals surface area contributed by atoms with E-state index in [-0.39, 0.29) is 23.7 Å². The van der Waals surface area contributed by atoms with Gasteiger partial charge in [-0.05, 0) is 26.7 Å². The highest BCUT2D eigenvalue weighted by molar-refractivity contribution is 6.07. The van der Waals surface area contributed by atoms with Crippen molar-refractivity contribution >= 4 is 23.7 Å². The molecule has 0 unspecified atom stereocenters. The third-order valence-electron chi connectivity index (χ3n) is 4.30. The first-order chi connectivity index (χ1) is 9.84. The molecule has 4 atom stereocenters. The maximum atomic E-state index is 12.3. The predicted octanol–water partition coefficient (Wildman–Crippen LogP) is -0.0329. The van der Waals surface area contributed by atoms with E-state index in [0.29, 0.717) is 12.8 Å². The Bertz CT molecular complexity index is 466. The van der Waals surface area contributed by atoms with E-state index in [0.717, 1.165) is 17.7 Å². The number of esters is 1. The highest BCUT2D eigenvalue weighted by Gasteiger charge is 2.51. The van der Waals surface area contributed by atoms with Crippen LogP contribution in [0.2, 0.25) is 0 Å². The lowest BCUT2D eigenvalue weighted by Gasteiger charge is -2.22. The molecule has 7 heteroatoms. The molecule has 0 aromatic heterocycles. The van der Waals surface area contributed by atoms with Crippen molar-refractivity contribution in [3.63, 3.8) is 0 Å². The zero-order chi connectivity index (χ0) is 15.7. The molecule has 0 aromatic rings. The number of ether oxygens (including phenoxy) is 1. The Balaban J connectivity index is 2.09. The van der Waals surface area contributed by atoms with Gasteiger partial charge in [-0.1, -0.05) is 12.8 Å². The fourth-order valence-corrected chi connectivity index (χ4v) is 3.01. The van der Waals surface area contributed by atoms with E-state index >= 15 is 0 Å². The lowest BCUT2D eigenvalue weighted by molar-refractivity contribution is -0.163. The zero-order valence-corrected chi connectivity index (χ0v) is 12.2. The van der Waals surface area contributed by atoms with Gasteiger partial charge < -0.3 is 10.5 Å². The number of hydrogen-bond donors (Lipinski definition) is 1. The Labute approximate surface area is 122 Å². The smallest absolute Gasteiger partial charge is 0.329 e. The molecule has 116 valence electrons. The van der Waals surface area contributed by atoms with Gasteiger partial charge in [0.25, 0.3) is 5.91 Å². The second-order valence-electron chi connectivity index (χ2n) is 5.70. The average Bonchev–Trinajstić information content (AvgIpc) is 2.70. The first-order valence-electron chi connectivity index (χ1n) is 7.21. The van der Waals surface area contributed by atoms with Crippen LogP contribution in [0.5, 0.6) is 0 Å². The minimum absolute atomic E-state index is 0.305. The lowest BCUT2D eigenvalue weighted by Crippen LogP contribution is -2.46. The van der Waals surface area contributed by atoms with Crippen LogP contribution in [0.1, 0.15) is 39.5 Å². The second-order valence-corrected chi connectivity index (χ2v) is 5.70. The minimum atomic E-state index is -1.09. The topological polar surface area (TPSA) is 107 Å². The Morgan fingerprint density at radius 1 is 1.14 bits per heavy atom. The molecule has 0 bridgehead atoms. The number of hydrogen-bond acceptors (Lipinski definition) is 5. The molecule has 1 saturated heterocycles. The predicted molar refractivity (Wildman–Crippen MR) is 71.5 cm³/mol. The number of primary amides is 1. The van der Waals surface area contributed by atoms with Crippen LogP contribution in [-0.4, -0.2) is 40.7 Å². The third kappa shape index (κ3) is 2.77. The summed E-state index contributed by atoms with van der Waals surface area (Å²) in [5.41, 5.74) is 5.02. The van der Waals surface area contributed by atoms with Crippen molar-refractivity contribution in [2.24, 2.45) is 17.6 Å². The number of nitrogens with zero attached hydrogens (tertiary/aromatic N) is 1. The maximum Gasteiger partial charge on any atom is 0.329 e. The van der Waals surface area contributed by atoms with E-state index < -0.39 is 24.0 Å². The SMILES string of the molecule is C[C@@H](OC(=O)[C@H](C)N1C(=O)[C@H]2CCCC[C@@H]2C1=O)C(N)=O. The fourth-order valence-electron chi connectivity index (χ4n) is 3.01. The molecule has 1 aliphatic heterocycles. The number of fused-ring (bicyclic) bond motifs is 1. The Morgan fingerprint density at radius 2 is 1.62 bits per heavy atom. The Hall–Kier alpha value is -1.92. The number of likely N-dealkylation sites (tertiary alicyclic amines) is 1. The van der Waals surface area contributed by atoms with Gasteiger partial charge in [0.15, 0.2) is 6.10 Å². The minimum Gasteiger partial charge on any atom is -0.451 e. The standard InChI is InChI=1S/C14H20N2O5/c1-7(14(20)21-8(2)11(15)17)16-12(18)9-5-3-4-6-10(9)13(16)19/h7-10H,3-6H2,1-2H3,(H2,15,17)/t7-,8+,9-,10-/m0/s1. The summed E-state index contributed by atoms with van der Waals surface area (Å²) in [4.78, 5) is 48.5. The van der Waals surface area contributed by atoms with Gasteiger partial charge in [0.1, 0.15) is 6.04 Å². The number of carbonyl (C=O) groups excluding carboxylic acids is 4. The number of amides is 3. The largest absolute Gasteiger partial charge is 0.451 e. The third-order valence-corrected chi connectivity index (χ3v) is 4.30. The fraction of sp³-hybridized carbons (Fsp3) is 0.714. The molecule has 0 radical (unpaired) electrons. The van der Waals surface area contributed by atoms with Gasteiger partial charge in [-0.25, -0.2) is 4.79 Å². The molecule has 3 amide bonds. The van der Waals surface area contributed by atoms with E-state index in [4.69, 9.17) is 10.5 Å². The van der Waals surface area contributed by atoms with Crippen LogP contribution in [0.25, 0.3) is 0 Å². The van der Waals surface area contributed by atoms with E-state index in [1.165, 1.54) is 13.8 Å². The lowest BCUT2D eigenvalue weighted by atomic mass is 9.81. The van der Waals surface area contributed by atoms with Crippen molar-refractivity contribution in [2.45, 2.75) is 51.7 Å². The monoisotopic (exact) mass is 296 g/mol. The molecule has 1 aliphatic carbocycles. The van der Waals surface area contributed by atoms with Crippen molar-refractivity contribution in [1.29, 1.82) is 0 Å². The summed E-state index contributed by atoms with van der Waals surface area (Å²) >= 11 is 0. The van der Waals surface area contributed by atoms with E-state index in [1.54, 1.807) is 0 Å². The summed E-state index contributed by atoms with van der Waals surface area (Å²) in [7, 11) is 0. The van der Waals surface area contributed by atoms with Gasteiger partial charge in [-0.3, -0.25) is 19.3 Å². The van der Waals surface area contributed by atoms with Crippen LogP contribution in [0.4, 0.5) is 0 Å². The molecular formula is C14H20N2O5. The molecule has 0 aromatic carbocycles. The summed E-state index contributed by atoms with van der Waals surface area (Å²) in [6, 6.07) is -1.03. The van der Waals surface area contributed by atoms with Gasteiger partial charge in [0, 0.05) is 0 Å².